The van der Waals surface area contributed by atoms with E-state index < -0.39 is 29.3 Å². The van der Waals surface area contributed by atoms with Gasteiger partial charge in [0, 0.05) is 26.1 Å². The lowest BCUT2D eigenvalue weighted by atomic mass is 10.2. The Labute approximate surface area is 137 Å². The van der Waals surface area contributed by atoms with Crippen LogP contribution in [0.4, 0.5) is 9.59 Å². The molecule has 0 aliphatic carbocycles. The van der Waals surface area contributed by atoms with Crippen molar-refractivity contribution in [3.05, 3.63) is 0 Å². The molecule has 0 aliphatic heterocycles. The molecule has 8 heteroatoms. The predicted molar refractivity (Wildman–Crippen MR) is 85.9 cm³/mol. The molecule has 0 saturated heterocycles. The molecule has 0 saturated carbocycles. The summed E-state index contributed by atoms with van der Waals surface area (Å²) in [6, 6.07) is 0. The molecule has 0 aromatic heterocycles. The molecule has 8 nitrogen and oxygen atoms in total. The Balaban J connectivity index is 4.50. The maximum Gasteiger partial charge on any atom is 0.410 e. The Hall–Kier alpha value is -1.99. The van der Waals surface area contributed by atoms with Gasteiger partial charge >= 0.3 is 12.2 Å². The van der Waals surface area contributed by atoms with Gasteiger partial charge in [-0.15, -0.1) is 0 Å². The fraction of sp³-hybridized carbons (Fsp3) is 0.800. The predicted octanol–water partition coefficient (Wildman–Crippen LogP) is 1.62. The SMILES string of the molecule is CC(C)(C)OC(=O)NCCN(CCC(N)=O)C(=O)OC(C)(C)C. The molecule has 0 aliphatic rings. The van der Waals surface area contributed by atoms with Crippen LogP contribution in [0, 0.1) is 0 Å². The van der Waals surface area contributed by atoms with Crippen molar-refractivity contribution in [2.45, 2.75) is 59.2 Å². The van der Waals surface area contributed by atoms with Crippen LogP contribution >= 0.6 is 0 Å². The van der Waals surface area contributed by atoms with Crippen LogP contribution in [-0.2, 0) is 14.3 Å². The second kappa shape index (κ2) is 8.59. The van der Waals surface area contributed by atoms with E-state index in [0.717, 1.165) is 0 Å². The van der Waals surface area contributed by atoms with E-state index in [-0.39, 0.29) is 26.1 Å². The van der Waals surface area contributed by atoms with E-state index in [1.165, 1.54) is 4.90 Å². The average molecular weight is 331 g/mol. The molecule has 134 valence electrons. The first-order chi connectivity index (χ1) is 10.3. The van der Waals surface area contributed by atoms with Gasteiger partial charge in [0.15, 0.2) is 0 Å². The third kappa shape index (κ3) is 12.3. The highest BCUT2D eigenvalue weighted by molar-refractivity contribution is 5.75. The molecule has 0 aromatic carbocycles. The van der Waals surface area contributed by atoms with Crippen LogP contribution < -0.4 is 11.1 Å². The first-order valence-electron chi connectivity index (χ1n) is 7.53. The molecule has 0 radical (unpaired) electrons. The number of carbonyl (C=O) groups is 3. The van der Waals surface area contributed by atoms with Gasteiger partial charge in [-0.25, -0.2) is 9.59 Å². The second-order valence-electron chi connectivity index (χ2n) is 7.11. The van der Waals surface area contributed by atoms with Gasteiger partial charge in [0.1, 0.15) is 11.2 Å². The Kier molecular flexibility index (Phi) is 7.85. The smallest absolute Gasteiger partial charge is 0.410 e. The molecular weight excluding hydrogens is 302 g/mol. The van der Waals surface area contributed by atoms with Gasteiger partial charge in [0.25, 0.3) is 0 Å². The van der Waals surface area contributed by atoms with Crippen LogP contribution in [0.5, 0.6) is 0 Å². The van der Waals surface area contributed by atoms with Gasteiger partial charge in [-0.3, -0.25) is 4.79 Å². The number of amides is 3. The van der Waals surface area contributed by atoms with Crippen LogP contribution in [-0.4, -0.2) is 53.8 Å². The average Bonchev–Trinajstić information content (AvgIpc) is 2.28. The van der Waals surface area contributed by atoms with Crippen LogP contribution in [0.2, 0.25) is 0 Å². The summed E-state index contributed by atoms with van der Waals surface area (Å²) >= 11 is 0. The zero-order valence-corrected chi connectivity index (χ0v) is 14.9. The number of nitrogens with two attached hydrogens (primary N) is 1. The van der Waals surface area contributed by atoms with Gasteiger partial charge < -0.3 is 25.4 Å². The summed E-state index contributed by atoms with van der Waals surface area (Å²) in [4.78, 5) is 35.9. The van der Waals surface area contributed by atoms with Crippen molar-refractivity contribution in [1.29, 1.82) is 0 Å². The molecule has 0 atom stereocenters. The summed E-state index contributed by atoms with van der Waals surface area (Å²) in [6.45, 7) is 11.0. The van der Waals surface area contributed by atoms with E-state index in [1.54, 1.807) is 41.5 Å². The molecule has 0 aromatic rings. The summed E-state index contributed by atoms with van der Waals surface area (Å²) in [7, 11) is 0. The maximum absolute atomic E-state index is 12.1. The van der Waals surface area contributed by atoms with Crippen molar-refractivity contribution in [1.82, 2.24) is 10.2 Å². The second-order valence-corrected chi connectivity index (χ2v) is 7.11. The minimum Gasteiger partial charge on any atom is -0.444 e. The molecule has 23 heavy (non-hydrogen) atoms. The van der Waals surface area contributed by atoms with E-state index in [4.69, 9.17) is 15.2 Å². The standard InChI is InChI=1S/C15H29N3O5/c1-14(2,3)22-12(20)17-8-10-18(9-7-11(16)19)13(21)23-15(4,5)6/h7-10H2,1-6H3,(H2,16,19)(H,17,20). The van der Waals surface area contributed by atoms with Gasteiger partial charge in [-0.2, -0.15) is 0 Å². The topological polar surface area (TPSA) is 111 Å². The number of carbonyl (C=O) groups excluding carboxylic acids is 3. The maximum atomic E-state index is 12.1. The molecule has 3 N–H and O–H groups in total. The minimum absolute atomic E-state index is 0.0195. The Morgan fingerprint density at radius 3 is 1.91 bits per heavy atom. The van der Waals surface area contributed by atoms with E-state index in [1.807, 2.05) is 0 Å². The molecule has 0 bridgehead atoms. The van der Waals surface area contributed by atoms with Gasteiger partial charge in [-0.05, 0) is 41.5 Å². The summed E-state index contributed by atoms with van der Waals surface area (Å²) < 4.78 is 10.4. The van der Waals surface area contributed by atoms with Crippen molar-refractivity contribution in [2.75, 3.05) is 19.6 Å². The summed E-state index contributed by atoms with van der Waals surface area (Å²) in [6.07, 6.45) is -1.12. The number of hydrogen-bond acceptors (Lipinski definition) is 5. The lowest BCUT2D eigenvalue weighted by Crippen LogP contribution is -2.43. The first-order valence-corrected chi connectivity index (χ1v) is 7.53. The van der Waals surface area contributed by atoms with Crippen molar-refractivity contribution in [3.8, 4) is 0 Å². The molecule has 0 unspecified atom stereocenters. The van der Waals surface area contributed by atoms with Crippen molar-refractivity contribution < 1.29 is 23.9 Å². The number of nitrogens with one attached hydrogen (secondary N) is 1. The van der Waals surface area contributed by atoms with Crippen LogP contribution in [0.15, 0.2) is 0 Å². The Bertz CT molecular complexity index is 424. The van der Waals surface area contributed by atoms with E-state index in [0.29, 0.717) is 0 Å². The largest absolute Gasteiger partial charge is 0.444 e. The highest BCUT2D eigenvalue weighted by atomic mass is 16.6. The fourth-order valence-electron chi connectivity index (χ4n) is 1.47. The zero-order chi connectivity index (χ0) is 18.3. The number of alkyl carbamates (subject to hydrolysis) is 1. The quantitative estimate of drug-likeness (QED) is 0.768. The minimum atomic E-state index is -0.652. The third-order valence-corrected chi connectivity index (χ3v) is 2.33. The van der Waals surface area contributed by atoms with Crippen LogP contribution in [0.1, 0.15) is 48.0 Å². The lowest BCUT2D eigenvalue weighted by Gasteiger charge is -2.27. The molecule has 0 spiro atoms. The molecule has 3 amide bonds. The van der Waals surface area contributed by atoms with E-state index >= 15 is 0 Å². The highest BCUT2D eigenvalue weighted by Gasteiger charge is 2.23. The van der Waals surface area contributed by atoms with Crippen LogP contribution in [0.25, 0.3) is 0 Å². The highest BCUT2D eigenvalue weighted by Crippen LogP contribution is 2.10. The molecule has 0 rings (SSSR count). The van der Waals surface area contributed by atoms with Gasteiger partial charge in [-0.1, -0.05) is 0 Å². The summed E-state index contributed by atoms with van der Waals surface area (Å²) in [5, 5.41) is 2.55. The number of hydrogen-bond donors (Lipinski definition) is 2. The van der Waals surface area contributed by atoms with Gasteiger partial charge in [0.05, 0.1) is 0 Å². The molecular formula is C15H29N3O5. The number of nitrogens with zero attached hydrogens (tertiary/aromatic N) is 1. The normalized spacial score (nSPS) is 11.6. The molecule has 0 heterocycles. The number of primary amides is 1. The number of rotatable bonds is 6. The van der Waals surface area contributed by atoms with Crippen molar-refractivity contribution in [3.63, 3.8) is 0 Å². The molecule has 0 fully saturated rings. The summed E-state index contributed by atoms with van der Waals surface area (Å²) in [5.74, 6) is -0.515. The van der Waals surface area contributed by atoms with Crippen molar-refractivity contribution >= 4 is 18.1 Å². The third-order valence-electron chi connectivity index (χ3n) is 2.33. The fourth-order valence-corrected chi connectivity index (χ4v) is 1.47. The Morgan fingerprint density at radius 1 is 0.957 bits per heavy atom. The lowest BCUT2D eigenvalue weighted by molar-refractivity contribution is -0.118. The van der Waals surface area contributed by atoms with Gasteiger partial charge in [0.2, 0.25) is 5.91 Å². The number of ether oxygens (including phenoxy) is 2. The van der Waals surface area contributed by atoms with E-state index in [2.05, 4.69) is 5.32 Å². The summed E-state index contributed by atoms with van der Waals surface area (Å²) in [5.41, 5.74) is 3.86. The Morgan fingerprint density at radius 2 is 1.48 bits per heavy atom. The monoisotopic (exact) mass is 331 g/mol. The van der Waals surface area contributed by atoms with E-state index in [9.17, 15) is 14.4 Å². The van der Waals surface area contributed by atoms with Crippen molar-refractivity contribution in [2.24, 2.45) is 5.73 Å². The first kappa shape index (κ1) is 21.0. The van der Waals surface area contributed by atoms with Crippen LogP contribution in [0.3, 0.4) is 0 Å². The zero-order valence-electron chi connectivity index (χ0n) is 14.9.